The quantitative estimate of drug-likeness (QED) is 0.324. The molecule has 1 nitrogen and oxygen atoms in total. The zero-order valence-corrected chi connectivity index (χ0v) is 21.1. The molecule has 0 aliphatic heterocycles. The van der Waals surface area contributed by atoms with Gasteiger partial charge in [0.2, 0.25) is 0 Å². The summed E-state index contributed by atoms with van der Waals surface area (Å²) in [4.78, 5) is 0. The van der Waals surface area contributed by atoms with Crippen LogP contribution in [0.2, 0.25) is 27.3 Å². The fraction of sp³-hybridized carbons (Fsp3) is 0.478. The Morgan fingerprint density at radius 2 is 1.19 bits per heavy atom. The summed E-state index contributed by atoms with van der Waals surface area (Å²) in [6.45, 7) is 4.70. The van der Waals surface area contributed by atoms with Gasteiger partial charge in [-0.2, -0.15) is 0 Å². The van der Waals surface area contributed by atoms with Gasteiger partial charge in [-0.3, -0.25) is 0 Å². The molecule has 0 unspecified atom stereocenters. The molecule has 0 saturated carbocycles. The van der Waals surface area contributed by atoms with Gasteiger partial charge in [-0.1, -0.05) is 0 Å². The molecule has 2 radical (unpaired) electrons. The number of hydrogen-bond acceptors (Lipinski definition) is 1. The third kappa shape index (κ3) is 6.00. The van der Waals surface area contributed by atoms with Crippen LogP contribution in [0, 0.1) is 0 Å². The van der Waals surface area contributed by atoms with Crippen molar-refractivity contribution in [2.24, 2.45) is 0 Å². The van der Waals surface area contributed by atoms with E-state index >= 15 is 0 Å². The first kappa shape index (κ1) is 21.8. The summed E-state index contributed by atoms with van der Waals surface area (Å²) in [6, 6.07) is 22.0. The van der Waals surface area contributed by atoms with Crippen molar-refractivity contribution in [1.29, 1.82) is 0 Å². The van der Waals surface area contributed by atoms with Crippen molar-refractivity contribution in [1.82, 2.24) is 0 Å². The minimum atomic E-state index is -1.49. The predicted molar refractivity (Wildman–Crippen MR) is 118 cm³/mol. The van der Waals surface area contributed by atoms with E-state index < -0.39 is 29.0 Å². The Kier molecular flexibility index (Phi) is 9.51. The Morgan fingerprint density at radius 1 is 0.731 bits per heavy atom. The summed E-state index contributed by atoms with van der Waals surface area (Å²) in [6.07, 6.45) is 3.84. The van der Waals surface area contributed by atoms with E-state index in [4.69, 9.17) is 3.76 Å². The van der Waals surface area contributed by atoms with Crippen LogP contribution < -0.4 is 0 Å². The van der Waals surface area contributed by atoms with Crippen molar-refractivity contribution in [2.75, 3.05) is 0 Å². The molecule has 3 heteroatoms. The number of hydrogen-bond donors (Lipinski definition) is 0. The summed E-state index contributed by atoms with van der Waals surface area (Å²) < 4.78 is 6.91. The summed E-state index contributed by atoms with van der Waals surface area (Å²) in [7, 11) is 0. The van der Waals surface area contributed by atoms with E-state index in [1.807, 2.05) is 0 Å². The van der Waals surface area contributed by atoms with E-state index in [1.165, 1.54) is 39.7 Å². The van der Waals surface area contributed by atoms with Crippen molar-refractivity contribution in [2.45, 2.75) is 66.0 Å². The van der Waals surface area contributed by atoms with Crippen LogP contribution in [0.4, 0.5) is 0 Å². The number of benzene rings is 2. The molecule has 140 valence electrons. The van der Waals surface area contributed by atoms with Crippen LogP contribution in [-0.4, -0.2) is 29.0 Å². The summed E-state index contributed by atoms with van der Waals surface area (Å²) in [5.41, 5.74) is 2.43. The van der Waals surface area contributed by atoms with Crippen LogP contribution in [0.3, 0.4) is 0 Å². The second kappa shape index (κ2) is 11.4. The molecule has 0 aliphatic carbocycles. The Morgan fingerprint density at radius 3 is 1.58 bits per heavy atom. The maximum absolute atomic E-state index is 6.91. The van der Waals surface area contributed by atoms with Gasteiger partial charge in [-0.15, -0.1) is 0 Å². The first-order valence-electron chi connectivity index (χ1n) is 10.1. The second-order valence-corrected chi connectivity index (χ2v) is 17.9. The Labute approximate surface area is 170 Å². The third-order valence-corrected chi connectivity index (χ3v) is 13.6. The van der Waals surface area contributed by atoms with E-state index in [0.29, 0.717) is 0 Å². The fourth-order valence-corrected chi connectivity index (χ4v) is 12.0. The van der Waals surface area contributed by atoms with Crippen molar-refractivity contribution < 1.29 is 3.76 Å². The van der Waals surface area contributed by atoms with Gasteiger partial charge in [0.1, 0.15) is 0 Å². The third-order valence-electron chi connectivity index (χ3n) is 4.90. The monoisotopic (exact) mass is 474 g/mol. The second-order valence-electron chi connectivity index (χ2n) is 7.32. The Hall–Kier alpha value is -0.514. The van der Waals surface area contributed by atoms with Gasteiger partial charge in [0.05, 0.1) is 0 Å². The van der Waals surface area contributed by atoms with Gasteiger partial charge in [0, 0.05) is 0 Å². The van der Waals surface area contributed by atoms with Gasteiger partial charge in [-0.05, 0) is 0 Å². The molecule has 26 heavy (non-hydrogen) atoms. The average Bonchev–Trinajstić information content (AvgIpc) is 2.66. The van der Waals surface area contributed by atoms with Gasteiger partial charge in [0.25, 0.3) is 0 Å². The molecule has 0 fully saturated rings. The van der Waals surface area contributed by atoms with Gasteiger partial charge in [0.15, 0.2) is 0 Å². The SMILES string of the molecule is CC[CH2][Ge]([CH2]CC)[CH2]CC([O][Ge]([CH3])[CH3])(c1ccccc1)c1ccccc1. The zero-order chi connectivity index (χ0) is 18.8. The molecule has 0 aliphatic rings. The molecule has 0 atom stereocenters. The number of rotatable bonds is 11. The topological polar surface area (TPSA) is 9.23 Å². The van der Waals surface area contributed by atoms with Crippen LogP contribution in [0.25, 0.3) is 0 Å². The molecular formula is C23H34Ge2O. The predicted octanol–water partition coefficient (Wildman–Crippen LogP) is 6.90. The van der Waals surface area contributed by atoms with Crippen molar-refractivity contribution >= 4 is 29.0 Å². The van der Waals surface area contributed by atoms with Crippen molar-refractivity contribution in [3.05, 3.63) is 71.8 Å². The minimum absolute atomic E-state index is 0.249. The molecule has 0 aromatic heterocycles. The zero-order valence-electron chi connectivity index (χ0n) is 16.9. The van der Waals surface area contributed by atoms with E-state index in [1.54, 1.807) is 0 Å². The average molecular weight is 472 g/mol. The molecule has 2 rings (SSSR count). The summed E-state index contributed by atoms with van der Waals surface area (Å²) in [5.74, 6) is 4.66. The van der Waals surface area contributed by atoms with E-state index in [2.05, 4.69) is 86.0 Å². The van der Waals surface area contributed by atoms with Crippen LogP contribution in [0.15, 0.2) is 60.7 Å². The van der Waals surface area contributed by atoms with Crippen molar-refractivity contribution in [3.63, 3.8) is 0 Å². The van der Waals surface area contributed by atoms with Gasteiger partial charge >= 0.3 is 171 Å². The molecule has 0 N–H and O–H groups in total. The molecule has 0 amide bonds. The molecule has 0 spiro atoms. The van der Waals surface area contributed by atoms with E-state index in [0.717, 1.165) is 6.42 Å². The summed E-state index contributed by atoms with van der Waals surface area (Å²) >= 11 is -2.48. The normalized spacial score (nSPS) is 12.1. The molecule has 0 bridgehead atoms. The first-order valence-corrected chi connectivity index (χ1v) is 19.6. The fourth-order valence-electron chi connectivity index (χ4n) is 3.82. The molecule has 2 aromatic rings. The Balaban J connectivity index is 2.42. The summed E-state index contributed by atoms with van der Waals surface area (Å²) in [5, 5.41) is 4.39. The van der Waals surface area contributed by atoms with Gasteiger partial charge < -0.3 is 0 Å². The molecule has 0 heterocycles. The first-order chi connectivity index (χ1) is 12.6. The van der Waals surface area contributed by atoms with Gasteiger partial charge in [-0.25, -0.2) is 0 Å². The standard InChI is InChI=1S/C23H34Ge2O/c1-5-18-25(19-6-2)20-17-23(26-24(3)4,21-13-9-7-10-14-21)22-15-11-8-12-16-22/h7-16H,5-6,17-20H2,1-4H3. The van der Waals surface area contributed by atoms with Crippen LogP contribution in [0.5, 0.6) is 0 Å². The maximum atomic E-state index is 6.91. The Bertz CT molecular complexity index is 567. The van der Waals surface area contributed by atoms with E-state index in [9.17, 15) is 0 Å². The molecular weight excluding hydrogens is 437 g/mol. The van der Waals surface area contributed by atoms with Crippen LogP contribution >= 0.6 is 0 Å². The van der Waals surface area contributed by atoms with Crippen molar-refractivity contribution in [3.8, 4) is 0 Å². The van der Waals surface area contributed by atoms with Crippen LogP contribution in [-0.2, 0) is 9.36 Å². The molecule has 2 aromatic carbocycles. The van der Waals surface area contributed by atoms with E-state index in [-0.39, 0.29) is 5.60 Å². The molecule has 0 saturated heterocycles. The van der Waals surface area contributed by atoms with Crippen LogP contribution in [0.1, 0.15) is 44.2 Å².